The van der Waals surface area contributed by atoms with Crippen LogP contribution in [0.4, 0.5) is 4.39 Å². The molecule has 100 valence electrons. The molecule has 5 nitrogen and oxygen atoms in total. The number of nitrogens with zero attached hydrogens (tertiary/aromatic N) is 2. The molecule has 19 heavy (non-hydrogen) atoms. The summed E-state index contributed by atoms with van der Waals surface area (Å²) < 4.78 is 19.7. The summed E-state index contributed by atoms with van der Waals surface area (Å²) in [5, 5.41) is 8.96. The van der Waals surface area contributed by atoms with Crippen LogP contribution < -0.4 is 4.74 Å². The van der Waals surface area contributed by atoms with E-state index in [1.165, 1.54) is 30.5 Å². The molecule has 1 heterocycles. The number of hydrogen-bond acceptors (Lipinski definition) is 3. The highest BCUT2D eigenvalue weighted by Crippen LogP contribution is 2.14. The van der Waals surface area contributed by atoms with Crippen molar-refractivity contribution in [3.8, 4) is 5.75 Å². The zero-order chi connectivity index (χ0) is 13.8. The molecule has 1 N–H and O–H groups in total. The van der Waals surface area contributed by atoms with Crippen LogP contribution in [0, 0.1) is 5.82 Å². The highest BCUT2D eigenvalue weighted by molar-refractivity contribution is 5.83. The lowest BCUT2D eigenvalue weighted by Gasteiger charge is -2.09. The molecule has 0 aliphatic carbocycles. The van der Waals surface area contributed by atoms with Gasteiger partial charge >= 0.3 is 5.97 Å². The number of halogens is 1. The molecule has 0 fully saturated rings. The lowest BCUT2D eigenvalue weighted by molar-refractivity contribution is 0.0677. The quantitative estimate of drug-likeness (QED) is 0.900. The Bertz CT molecular complexity index is 578. The average molecular weight is 264 g/mol. The minimum Gasteiger partial charge on any atom is -0.487 e. The molecule has 6 heteroatoms. The van der Waals surface area contributed by atoms with Crippen LogP contribution in [-0.2, 0) is 13.2 Å². The first-order valence-electron chi connectivity index (χ1n) is 5.78. The smallest absolute Gasteiger partial charge is 0.372 e. The second-order valence-corrected chi connectivity index (χ2v) is 3.87. The van der Waals surface area contributed by atoms with Crippen molar-refractivity contribution in [1.29, 1.82) is 0 Å². The summed E-state index contributed by atoms with van der Waals surface area (Å²) in [5.41, 5.74) is 0.657. The predicted octanol–water partition coefficient (Wildman–Crippen LogP) is 2.32. The van der Waals surface area contributed by atoms with Gasteiger partial charge in [0.05, 0.1) is 11.9 Å². The van der Waals surface area contributed by atoms with Gasteiger partial charge in [-0.15, -0.1) is 0 Å². The fourth-order valence-corrected chi connectivity index (χ4v) is 1.74. The van der Waals surface area contributed by atoms with E-state index in [1.807, 2.05) is 6.92 Å². The largest absolute Gasteiger partial charge is 0.487 e. The first kappa shape index (κ1) is 13.1. The second-order valence-electron chi connectivity index (χ2n) is 3.87. The highest BCUT2D eigenvalue weighted by Gasteiger charge is 2.14. The van der Waals surface area contributed by atoms with Gasteiger partial charge in [-0.3, -0.25) is 0 Å². The Labute approximate surface area is 109 Å². The molecular weight excluding hydrogens is 251 g/mol. The van der Waals surface area contributed by atoms with Gasteiger partial charge in [0, 0.05) is 6.54 Å². The van der Waals surface area contributed by atoms with Crippen molar-refractivity contribution in [2.24, 2.45) is 0 Å². The Balaban J connectivity index is 2.11. The fourth-order valence-electron chi connectivity index (χ4n) is 1.74. The van der Waals surface area contributed by atoms with Crippen molar-refractivity contribution in [1.82, 2.24) is 9.55 Å². The van der Waals surface area contributed by atoms with E-state index in [1.54, 1.807) is 4.57 Å². The molecule has 1 aromatic carbocycles. The van der Waals surface area contributed by atoms with Gasteiger partial charge in [0.1, 0.15) is 18.2 Å². The maximum atomic E-state index is 12.7. The maximum Gasteiger partial charge on any atom is 0.372 e. The first-order valence-corrected chi connectivity index (χ1v) is 5.78. The van der Waals surface area contributed by atoms with Crippen LogP contribution in [0.15, 0.2) is 30.5 Å². The van der Waals surface area contributed by atoms with E-state index in [0.717, 1.165) is 0 Å². The van der Waals surface area contributed by atoms with E-state index in [-0.39, 0.29) is 18.2 Å². The van der Waals surface area contributed by atoms with Gasteiger partial charge in [0.2, 0.25) is 5.82 Å². The van der Waals surface area contributed by atoms with Gasteiger partial charge in [0.15, 0.2) is 0 Å². The molecule has 0 aliphatic rings. The Morgan fingerprint density at radius 2 is 2.11 bits per heavy atom. The van der Waals surface area contributed by atoms with Crippen LogP contribution in [-0.4, -0.2) is 20.6 Å². The number of imidazole rings is 1. The molecule has 0 saturated carbocycles. The number of carbonyl (C=O) groups is 1. The van der Waals surface area contributed by atoms with Gasteiger partial charge in [0.25, 0.3) is 0 Å². The summed E-state index contributed by atoms with van der Waals surface area (Å²) in [6.45, 7) is 2.50. The molecule has 0 amide bonds. The lowest BCUT2D eigenvalue weighted by Crippen LogP contribution is -2.12. The van der Waals surface area contributed by atoms with Crippen LogP contribution in [0.2, 0.25) is 0 Å². The third kappa shape index (κ3) is 2.90. The van der Waals surface area contributed by atoms with Crippen molar-refractivity contribution in [2.45, 2.75) is 20.1 Å². The first-order chi connectivity index (χ1) is 9.11. The third-order valence-corrected chi connectivity index (χ3v) is 2.65. The number of hydrogen-bond donors (Lipinski definition) is 1. The van der Waals surface area contributed by atoms with Crippen molar-refractivity contribution < 1.29 is 19.0 Å². The number of ether oxygens (including phenoxy) is 1. The van der Waals surface area contributed by atoms with Gasteiger partial charge < -0.3 is 14.4 Å². The van der Waals surface area contributed by atoms with Crippen molar-refractivity contribution >= 4 is 5.97 Å². The zero-order valence-corrected chi connectivity index (χ0v) is 10.3. The van der Waals surface area contributed by atoms with Crippen LogP contribution in [0.5, 0.6) is 5.75 Å². The predicted molar refractivity (Wildman–Crippen MR) is 65.6 cm³/mol. The SMILES string of the molecule is CCn1c(COc2ccc(F)cc2)cnc1C(=O)O. The fraction of sp³-hybridized carbons (Fsp3) is 0.231. The Kier molecular flexibility index (Phi) is 3.79. The van der Waals surface area contributed by atoms with Crippen molar-refractivity contribution in [3.63, 3.8) is 0 Å². The van der Waals surface area contributed by atoms with Gasteiger partial charge in [-0.2, -0.15) is 0 Å². The van der Waals surface area contributed by atoms with Crippen molar-refractivity contribution in [3.05, 3.63) is 47.8 Å². The summed E-state index contributed by atoms with van der Waals surface area (Å²) in [4.78, 5) is 14.8. The van der Waals surface area contributed by atoms with E-state index in [2.05, 4.69) is 4.98 Å². The van der Waals surface area contributed by atoms with E-state index < -0.39 is 5.97 Å². The number of carboxylic acid groups (broad SMARTS) is 1. The van der Waals surface area contributed by atoms with E-state index >= 15 is 0 Å². The number of aromatic nitrogens is 2. The van der Waals surface area contributed by atoms with E-state index in [0.29, 0.717) is 18.0 Å². The van der Waals surface area contributed by atoms with Crippen molar-refractivity contribution in [2.75, 3.05) is 0 Å². The Morgan fingerprint density at radius 3 is 2.68 bits per heavy atom. The molecule has 2 aromatic rings. The molecule has 0 atom stereocenters. The molecule has 0 aliphatic heterocycles. The average Bonchev–Trinajstić information content (AvgIpc) is 2.81. The Hall–Kier alpha value is -2.37. The van der Waals surface area contributed by atoms with Crippen LogP contribution >= 0.6 is 0 Å². The molecule has 0 radical (unpaired) electrons. The second kappa shape index (κ2) is 5.51. The molecule has 0 saturated heterocycles. The number of rotatable bonds is 5. The summed E-state index contributed by atoms with van der Waals surface area (Å²) in [5.74, 6) is -0.906. The van der Waals surface area contributed by atoms with Crippen LogP contribution in [0.1, 0.15) is 23.2 Å². The molecule has 1 aromatic heterocycles. The topological polar surface area (TPSA) is 64.4 Å². The number of benzene rings is 1. The van der Waals surface area contributed by atoms with Gasteiger partial charge in [-0.05, 0) is 31.2 Å². The van der Waals surface area contributed by atoms with Crippen LogP contribution in [0.25, 0.3) is 0 Å². The third-order valence-electron chi connectivity index (χ3n) is 2.65. The van der Waals surface area contributed by atoms with E-state index in [9.17, 15) is 9.18 Å². The minimum atomic E-state index is -1.07. The number of carboxylic acids is 1. The summed E-state index contributed by atoms with van der Waals surface area (Å²) in [6, 6.07) is 5.63. The van der Waals surface area contributed by atoms with Gasteiger partial charge in [-0.25, -0.2) is 14.2 Å². The zero-order valence-electron chi connectivity index (χ0n) is 10.3. The summed E-state index contributed by atoms with van der Waals surface area (Å²) >= 11 is 0. The summed E-state index contributed by atoms with van der Waals surface area (Å²) in [6.07, 6.45) is 1.47. The highest BCUT2D eigenvalue weighted by atomic mass is 19.1. The molecule has 2 rings (SSSR count). The van der Waals surface area contributed by atoms with Crippen LogP contribution in [0.3, 0.4) is 0 Å². The van der Waals surface area contributed by atoms with Gasteiger partial charge in [-0.1, -0.05) is 0 Å². The lowest BCUT2D eigenvalue weighted by atomic mass is 10.3. The minimum absolute atomic E-state index is 0.0137. The van der Waals surface area contributed by atoms with E-state index in [4.69, 9.17) is 9.84 Å². The molecule has 0 unspecified atom stereocenters. The molecule has 0 bridgehead atoms. The monoisotopic (exact) mass is 264 g/mol. The Morgan fingerprint density at radius 1 is 1.42 bits per heavy atom. The normalized spacial score (nSPS) is 10.4. The standard InChI is InChI=1S/C13H13FN2O3/c1-2-16-10(7-15-12(16)13(17)18)8-19-11-5-3-9(14)4-6-11/h3-7H,2,8H2,1H3,(H,17,18). The summed E-state index contributed by atoms with van der Waals surface area (Å²) in [7, 11) is 0. The molecule has 0 spiro atoms. The maximum absolute atomic E-state index is 12.7. The molecular formula is C13H13FN2O3. The number of aromatic carboxylic acids is 1.